The van der Waals surface area contributed by atoms with Crippen LogP contribution in [0.1, 0.15) is 17.5 Å². The van der Waals surface area contributed by atoms with Crippen LogP contribution in [0.4, 0.5) is 35.9 Å². The topological polar surface area (TPSA) is 119 Å². The van der Waals surface area contributed by atoms with Crippen LogP contribution in [0.3, 0.4) is 0 Å². The molecule has 0 radical (unpaired) electrons. The van der Waals surface area contributed by atoms with Crippen molar-refractivity contribution in [2.45, 2.75) is 12.6 Å². The number of rotatable bonds is 6. The van der Waals surface area contributed by atoms with Gasteiger partial charge in [0.05, 0.1) is 34.2 Å². The van der Waals surface area contributed by atoms with Crippen LogP contribution in [-0.4, -0.2) is 18.5 Å². The minimum atomic E-state index is -4.96. The van der Waals surface area contributed by atoms with Gasteiger partial charge in [0.2, 0.25) is 0 Å². The maximum atomic E-state index is 13.3. The number of nitriles is 2. The summed E-state index contributed by atoms with van der Waals surface area (Å²) in [4.78, 5) is 11.6. The summed E-state index contributed by atoms with van der Waals surface area (Å²) >= 11 is 0. The number of azo groups is 1. The Morgan fingerprint density at radius 2 is 1.83 bits per heavy atom. The summed E-state index contributed by atoms with van der Waals surface area (Å²) in [6, 6.07) is 10.9. The molecule has 0 aliphatic carbocycles. The van der Waals surface area contributed by atoms with Crippen LogP contribution < -0.4 is 4.90 Å². The minimum absolute atomic E-state index is 0.220. The number of hydrogen-bond acceptors (Lipinski definition) is 7. The summed E-state index contributed by atoms with van der Waals surface area (Å²) in [6.07, 6.45) is -4.63. The van der Waals surface area contributed by atoms with E-state index in [1.807, 2.05) is 11.0 Å². The summed E-state index contributed by atoms with van der Waals surface area (Å²) in [5.74, 6) is 0. The van der Waals surface area contributed by atoms with E-state index in [1.54, 1.807) is 19.2 Å². The third-order valence-corrected chi connectivity index (χ3v) is 3.85. The molecule has 0 fully saturated rings. The van der Waals surface area contributed by atoms with Gasteiger partial charge in [-0.2, -0.15) is 28.8 Å². The van der Waals surface area contributed by atoms with E-state index in [0.717, 1.165) is 11.8 Å². The molecule has 0 spiro atoms. The first-order valence-electron chi connectivity index (χ1n) is 8.07. The zero-order valence-corrected chi connectivity index (χ0v) is 15.0. The molecule has 0 unspecified atom stereocenters. The van der Waals surface area contributed by atoms with Gasteiger partial charge in [0.1, 0.15) is 11.8 Å². The molecule has 0 saturated carbocycles. The number of non-ortho nitro benzene ring substituents is 1. The first kappa shape index (κ1) is 21.3. The number of halogens is 3. The van der Waals surface area contributed by atoms with Crippen molar-refractivity contribution >= 4 is 22.7 Å². The standard InChI is InChI=1S/C18H13F3N6O2/c1-26(8-2-7-22)14-5-3-13(4-6-14)24-25-17-12(11-23)9-15(27(28)29)10-16(17)18(19,20)21/h3-6,9-10H,2,8H2,1H3. The van der Waals surface area contributed by atoms with Crippen LogP contribution in [0.15, 0.2) is 46.6 Å². The monoisotopic (exact) mass is 402 g/mol. The Balaban J connectivity index is 2.40. The van der Waals surface area contributed by atoms with E-state index in [4.69, 9.17) is 10.5 Å². The second-order valence-corrected chi connectivity index (χ2v) is 5.80. The van der Waals surface area contributed by atoms with Crippen molar-refractivity contribution in [3.63, 3.8) is 0 Å². The fourth-order valence-corrected chi connectivity index (χ4v) is 2.36. The fraction of sp³-hybridized carbons (Fsp3) is 0.222. The molecule has 0 aliphatic rings. The van der Waals surface area contributed by atoms with Gasteiger partial charge in [-0.15, -0.1) is 5.11 Å². The van der Waals surface area contributed by atoms with Gasteiger partial charge in [0.15, 0.2) is 0 Å². The van der Waals surface area contributed by atoms with E-state index in [0.29, 0.717) is 19.0 Å². The van der Waals surface area contributed by atoms with Crippen LogP contribution in [0, 0.1) is 32.8 Å². The van der Waals surface area contributed by atoms with Gasteiger partial charge in [-0.1, -0.05) is 0 Å². The highest BCUT2D eigenvalue weighted by molar-refractivity contribution is 5.64. The third kappa shape index (κ3) is 5.26. The quantitative estimate of drug-likeness (QED) is 0.371. The molecule has 0 amide bonds. The predicted octanol–water partition coefficient (Wildman–Crippen LogP) is 5.25. The molecule has 0 bridgehead atoms. The number of nitro benzene ring substituents is 1. The van der Waals surface area contributed by atoms with E-state index in [9.17, 15) is 23.3 Å². The average Bonchev–Trinajstić information content (AvgIpc) is 2.69. The summed E-state index contributed by atoms with van der Waals surface area (Å²) < 4.78 is 39.9. The number of nitro groups is 1. The van der Waals surface area contributed by atoms with Crippen molar-refractivity contribution in [3.8, 4) is 12.1 Å². The fourth-order valence-electron chi connectivity index (χ4n) is 2.36. The van der Waals surface area contributed by atoms with Crippen molar-refractivity contribution in [3.05, 3.63) is 57.6 Å². The number of benzene rings is 2. The van der Waals surface area contributed by atoms with E-state index in [-0.39, 0.29) is 5.69 Å². The molecular formula is C18H13F3N6O2. The van der Waals surface area contributed by atoms with Crippen molar-refractivity contribution in [1.82, 2.24) is 0 Å². The van der Waals surface area contributed by atoms with Gasteiger partial charge >= 0.3 is 6.18 Å². The second kappa shape index (κ2) is 8.80. The van der Waals surface area contributed by atoms with E-state index >= 15 is 0 Å². The SMILES string of the molecule is CN(CCC#N)c1ccc(N=Nc2c(C#N)cc([N+](=O)[O-])cc2C(F)(F)F)cc1. The lowest BCUT2D eigenvalue weighted by Gasteiger charge is -2.17. The van der Waals surface area contributed by atoms with Gasteiger partial charge in [-0.25, -0.2) is 0 Å². The molecule has 0 heterocycles. The second-order valence-electron chi connectivity index (χ2n) is 5.80. The lowest BCUT2D eigenvalue weighted by Crippen LogP contribution is -2.17. The third-order valence-electron chi connectivity index (χ3n) is 3.85. The normalized spacial score (nSPS) is 11.1. The Labute approximate surface area is 163 Å². The highest BCUT2D eigenvalue weighted by Crippen LogP contribution is 2.41. The van der Waals surface area contributed by atoms with Gasteiger partial charge in [-0.3, -0.25) is 10.1 Å². The Kier molecular flexibility index (Phi) is 6.47. The van der Waals surface area contributed by atoms with Crippen molar-refractivity contribution in [1.29, 1.82) is 10.5 Å². The molecule has 0 aliphatic heterocycles. The molecule has 0 aromatic heterocycles. The van der Waals surface area contributed by atoms with Crippen molar-refractivity contribution in [2.24, 2.45) is 10.2 Å². The van der Waals surface area contributed by atoms with Crippen LogP contribution in [-0.2, 0) is 6.18 Å². The molecule has 8 nitrogen and oxygen atoms in total. The number of hydrogen-bond donors (Lipinski definition) is 0. The summed E-state index contributed by atoms with van der Waals surface area (Å²) in [5.41, 5.74) is -2.69. The Morgan fingerprint density at radius 3 is 2.34 bits per heavy atom. The lowest BCUT2D eigenvalue weighted by atomic mass is 10.1. The highest BCUT2D eigenvalue weighted by Gasteiger charge is 2.37. The Bertz CT molecular complexity index is 1020. The molecule has 2 rings (SSSR count). The molecule has 0 N–H and O–H groups in total. The summed E-state index contributed by atoms with van der Waals surface area (Å²) in [6.45, 7) is 0.501. The molecule has 2 aromatic rings. The molecule has 29 heavy (non-hydrogen) atoms. The molecule has 0 saturated heterocycles. The van der Waals surface area contributed by atoms with Crippen LogP contribution in [0.5, 0.6) is 0 Å². The Hall–Kier alpha value is -3.99. The van der Waals surface area contributed by atoms with Gasteiger partial charge < -0.3 is 4.90 Å². The first-order chi connectivity index (χ1) is 13.7. The summed E-state index contributed by atoms with van der Waals surface area (Å²) in [5, 5.41) is 35.8. The molecule has 2 aromatic carbocycles. The zero-order valence-electron chi connectivity index (χ0n) is 15.0. The first-order valence-corrected chi connectivity index (χ1v) is 8.07. The molecular weight excluding hydrogens is 389 g/mol. The molecule has 0 atom stereocenters. The minimum Gasteiger partial charge on any atom is -0.374 e. The average molecular weight is 402 g/mol. The smallest absolute Gasteiger partial charge is 0.374 e. The van der Waals surface area contributed by atoms with Crippen LogP contribution >= 0.6 is 0 Å². The van der Waals surface area contributed by atoms with Crippen LogP contribution in [0.2, 0.25) is 0 Å². The number of alkyl halides is 3. The van der Waals surface area contributed by atoms with Crippen LogP contribution in [0.25, 0.3) is 0 Å². The maximum Gasteiger partial charge on any atom is 0.418 e. The largest absolute Gasteiger partial charge is 0.418 e. The zero-order chi connectivity index (χ0) is 21.6. The van der Waals surface area contributed by atoms with E-state index in [2.05, 4.69) is 10.2 Å². The van der Waals surface area contributed by atoms with E-state index in [1.165, 1.54) is 18.2 Å². The lowest BCUT2D eigenvalue weighted by molar-refractivity contribution is -0.385. The van der Waals surface area contributed by atoms with E-state index < -0.39 is 33.6 Å². The molecule has 148 valence electrons. The van der Waals surface area contributed by atoms with Crippen molar-refractivity contribution in [2.75, 3.05) is 18.5 Å². The molecule has 11 heteroatoms. The van der Waals surface area contributed by atoms with Gasteiger partial charge in [0.25, 0.3) is 5.69 Å². The van der Waals surface area contributed by atoms with Crippen molar-refractivity contribution < 1.29 is 18.1 Å². The predicted molar refractivity (Wildman–Crippen MR) is 96.9 cm³/mol. The van der Waals surface area contributed by atoms with Gasteiger partial charge in [-0.05, 0) is 24.3 Å². The summed E-state index contributed by atoms with van der Waals surface area (Å²) in [7, 11) is 1.78. The maximum absolute atomic E-state index is 13.3. The Morgan fingerprint density at radius 1 is 1.17 bits per heavy atom. The number of anilines is 1. The van der Waals surface area contributed by atoms with Gasteiger partial charge in [0, 0.05) is 31.4 Å². The number of nitrogens with zero attached hydrogens (tertiary/aromatic N) is 6. The highest BCUT2D eigenvalue weighted by atomic mass is 19.4.